The van der Waals surface area contributed by atoms with Crippen molar-refractivity contribution in [2.24, 2.45) is 5.92 Å². The molecule has 3 aromatic rings. The molecule has 166 valence electrons. The Bertz CT molecular complexity index is 1020. The fourth-order valence-electron chi connectivity index (χ4n) is 4.27. The van der Waals surface area contributed by atoms with Gasteiger partial charge in [-0.25, -0.2) is 0 Å². The molecule has 4 heteroatoms. The van der Waals surface area contributed by atoms with Gasteiger partial charge in [0.1, 0.15) is 0 Å². The Kier molecular flexibility index (Phi) is 7.54. The summed E-state index contributed by atoms with van der Waals surface area (Å²) >= 11 is 1.70. The summed E-state index contributed by atoms with van der Waals surface area (Å²) in [6, 6.07) is 26.9. The first-order valence-corrected chi connectivity index (χ1v) is 12.5. The number of amides is 1. The number of benzene rings is 3. The highest BCUT2D eigenvalue weighted by Crippen LogP contribution is 2.28. The maximum atomic E-state index is 13.1. The monoisotopic (exact) mass is 444 g/mol. The van der Waals surface area contributed by atoms with Crippen molar-refractivity contribution in [2.45, 2.75) is 43.4 Å². The highest BCUT2D eigenvalue weighted by molar-refractivity contribution is 7.98. The van der Waals surface area contributed by atoms with E-state index in [9.17, 15) is 4.79 Å². The van der Waals surface area contributed by atoms with Crippen LogP contribution in [0.15, 0.2) is 83.8 Å². The largest absolute Gasteiger partial charge is 0.371 e. The van der Waals surface area contributed by atoms with Crippen LogP contribution in [0.3, 0.4) is 0 Å². The average Bonchev–Trinajstić information content (AvgIpc) is 2.83. The van der Waals surface area contributed by atoms with Crippen molar-refractivity contribution in [2.75, 3.05) is 18.0 Å². The van der Waals surface area contributed by atoms with Gasteiger partial charge in [-0.2, -0.15) is 0 Å². The van der Waals surface area contributed by atoms with Gasteiger partial charge in [-0.15, -0.1) is 11.8 Å². The molecule has 2 unspecified atom stereocenters. The van der Waals surface area contributed by atoms with Crippen LogP contribution < -0.4 is 10.2 Å². The van der Waals surface area contributed by atoms with Crippen molar-refractivity contribution in [1.29, 1.82) is 0 Å². The first kappa shape index (κ1) is 22.5. The zero-order valence-corrected chi connectivity index (χ0v) is 19.8. The second-order valence-corrected chi connectivity index (χ2v) is 9.77. The van der Waals surface area contributed by atoms with Crippen molar-refractivity contribution >= 4 is 23.4 Å². The number of nitrogens with one attached hydrogen (secondary N) is 1. The van der Waals surface area contributed by atoms with E-state index in [-0.39, 0.29) is 11.9 Å². The smallest absolute Gasteiger partial charge is 0.252 e. The Morgan fingerprint density at radius 3 is 2.50 bits per heavy atom. The summed E-state index contributed by atoms with van der Waals surface area (Å²) < 4.78 is 0. The van der Waals surface area contributed by atoms with Crippen LogP contribution in [0.25, 0.3) is 0 Å². The molecule has 0 saturated carbocycles. The fraction of sp³-hybridized carbons (Fsp3) is 0.321. The van der Waals surface area contributed by atoms with Crippen LogP contribution >= 0.6 is 11.8 Å². The molecule has 0 spiro atoms. The molecule has 32 heavy (non-hydrogen) atoms. The van der Waals surface area contributed by atoms with Crippen LogP contribution in [-0.2, 0) is 5.75 Å². The number of carbonyl (C=O) groups excluding carboxylic acids is 1. The minimum atomic E-state index is -0.0518. The number of thioether (sulfide) groups is 1. The topological polar surface area (TPSA) is 32.3 Å². The number of anilines is 1. The Morgan fingerprint density at radius 1 is 1.03 bits per heavy atom. The third kappa shape index (κ3) is 5.74. The number of piperidine rings is 1. The van der Waals surface area contributed by atoms with E-state index in [1.165, 1.54) is 24.1 Å². The lowest BCUT2D eigenvalue weighted by molar-refractivity contribution is 0.0937. The third-order valence-corrected chi connectivity index (χ3v) is 7.28. The lowest BCUT2D eigenvalue weighted by atomic mass is 9.99. The molecular formula is C28H32N2OS. The van der Waals surface area contributed by atoms with Crippen molar-refractivity contribution in [1.82, 2.24) is 5.32 Å². The standard InChI is InChI=1S/C28H32N2OS/c1-21-9-8-18-30(19-21)25-16-14-24(15-17-25)22(2)29-28(31)26-12-6-7-13-27(26)32-20-23-10-4-3-5-11-23/h3-7,10-17,21-22H,8-9,18-20H2,1-2H3,(H,29,31). The Labute approximate surface area is 196 Å². The van der Waals surface area contributed by atoms with Crippen LogP contribution in [-0.4, -0.2) is 19.0 Å². The molecule has 0 radical (unpaired) electrons. The fourth-order valence-corrected chi connectivity index (χ4v) is 5.28. The molecule has 1 N–H and O–H groups in total. The highest BCUT2D eigenvalue weighted by atomic mass is 32.2. The van der Waals surface area contributed by atoms with Gasteiger partial charge in [0.25, 0.3) is 5.91 Å². The van der Waals surface area contributed by atoms with Crippen molar-refractivity contribution in [3.8, 4) is 0 Å². The van der Waals surface area contributed by atoms with Gasteiger partial charge in [-0.05, 0) is 61.1 Å². The molecule has 4 rings (SSSR count). The molecule has 1 aliphatic rings. The summed E-state index contributed by atoms with van der Waals surface area (Å²) in [6.45, 7) is 6.64. The van der Waals surface area contributed by atoms with Crippen LogP contribution in [0, 0.1) is 5.92 Å². The van der Waals surface area contributed by atoms with E-state index in [1.54, 1.807) is 11.8 Å². The molecular weight excluding hydrogens is 412 g/mol. The van der Waals surface area contributed by atoms with E-state index in [0.717, 1.165) is 40.8 Å². The highest BCUT2D eigenvalue weighted by Gasteiger charge is 2.18. The van der Waals surface area contributed by atoms with Gasteiger partial charge in [0, 0.05) is 29.4 Å². The predicted octanol–water partition coefficient (Wildman–Crippen LogP) is 6.71. The molecule has 1 saturated heterocycles. The summed E-state index contributed by atoms with van der Waals surface area (Å²) in [7, 11) is 0. The van der Waals surface area contributed by atoms with Gasteiger partial charge >= 0.3 is 0 Å². The first-order chi connectivity index (χ1) is 15.6. The molecule has 3 nitrogen and oxygen atoms in total. The molecule has 1 fully saturated rings. The predicted molar refractivity (Wildman–Crippen MR) is 135 cm³/mol. The van der Waals surface area contributed by atoms with Crippen molar-refractivity contribution in [3.05, 3.63) is 95.6 Å². The maximum Gasteiger partial charge on any atom is 0.252 e. The van der Waals surface area contributed by atoms with Crippen molar-refractivity contribution in [3.63, 3.8) is 0 Å². The number of hydrogen-bond donors (Lipinski definition) is 1. The minimum absolute atomic E-state index is 0.0254. The number of hydrogen-bond acceptors (Lipinski definition) is 3. The van der Waals surface area contributed by atoms with Gasteiger partial charge in [0.05, 0.1) is 11.6 Å². The zero-order valence-electron chi connectivity index (χ0n) is 19.0. The summed E-state index contributed by atoms with van der Waals surface area (Å²) in [5, 5.41) is 3.19. The summed E-state index contributed by atoms with van der Waals surface area (Å²) in [4.78, 5) is 16.6. The maximum absolute atomic E-state index is 13.1. The van der Waals surface area contributed by atoms with E-state index < -0.39 is 0 Å². The van der Waals surface area contributed by atoms with Crippen molar-refractivity contribution < 1.29 is 4.79 Å². The van der Waals surface area contributed by atoms with Gasteiger partial charge < -0.3 is 10.2 Å². The van der Waals surface area contributed by atoms with Gasteiger partial charge in [-0.3, -0.25) is 4.79 Å². The van der Waals surface area contributed by atoms with Gasteiger partial charge in [0.15, 0.2) is 0 Å². The number of nitrogens with zero attached hydrogens (tertiary/aromatic N) is 1. The minimum Gasteiger partial charge on any atom is -0.371 e. The van der Waals surface area contributed by atoms with E-state index in [2.05, 4.69) is 60.5 Å². The van der Waals surface area contributed by atoms with Gasteiger partial charge in [0.2, 0.25) is 0 Å². The van der Waals surface area contributed by atoms with Crippen LogP contribution in [0.2, 0.25) is 0 Å². The van der Waals surface area contributed by atoms with Crippen LogP contribution in [0.5, 0.6) is 0 Å². The van der Waals surface area contributed by atoms with Crippen LogP contribution in [0.1, 0.15) is 54.2 Å². The molecule has 1 heterocycles. The number of rotatable bonds is 7. The Balaban J connectivity index is 1.39. The zero-order chi connectivity index (χ0) is 22.3. The number of carbonyl (C=O) groups is 1. The molecule has 1 aliphatic heterocycles. The van der Waals surface area contributed by atoms with E-state index in [0.29, 0.717) is 0 Å². The lowest BCUT2D eigenvalue weighted by Crippen LogP contribution is -2.34. The molecule has 2 atom stereocenters. The molecule has 0 aromatic heterocycles. The average molecular weight is 445 g/mol. The Hall–Kier alpha value is -2.72. The molecule has 0 bridgehead atoms. The van der Waals surface area contributed by atoms with E-state index >= 15 is 0 Å². The normalized spacial score (nSPS) is 17.1. The second-order valence-electron chi connectivity index (χ2n) is 8.75. The summed E-state index contributed by atoms with van der Waals surface area (Å²) in [5.74, 6) is 1.57. The van der Waals surface area contributed by atoms with E-state index in [4.69, 9.17) is 0 Å². The lowest BCUT2D eigenvalue weighted by Gasteiger charge is -2.33. The molecule has 0 aliphatic carbocycles. The second kappa shape index (κ2) is 10.7. The molecule has 1 amide bonds. The third-order valence-electron chi connectivity index (χ3n) is 6.13. The van der Waals surface area contributed by atoms with E-state index in [1.807, 2.05) is 42.5 Å². The first-order valence-electron chi connectivity index (χ1n) is 11.5. The SMILES string of the molecule is CC1CCCN(c2ccc(C(C)NC(=O)c3ccccc3SCc3ccccc3)cc2)C1. The summed E-state index contributed by atoms with van der Waals surface area (Å²) in [5.41, 5.74) is 4.39. The van der Waals surface area contributed by atoms with Crippen LogP contribution in [0.4, 0.5) is 5.69 Å². The molecule has 3 aromatic carbocycles. The summed E-state index contributed by atoms with van der Waals surface area (Å²) in [6.07, 6.45) is 2.58. The Morgan fingerprint density at radius 2 is 1.75 bits per heavy atom. The van der Waals surface area contributed by atoms with Gasteiger partial charge in [-0.1, -0.05) is 61.5 Å². The quantitative estimate of drug-likeness (QED) is 0.411.